The molecule has 0 unspecified atom stereocenters. The molecule has 5 rings (SSSR count). The molecule has 0 aliphatic carbocycles. The summed E-state index contributed by atoms with van der Waals surface area (Å²) < 4.78 is 12.1. The highest BCUT2D eigenvalue weighted by atomic mass is 16.3. The van der Waals surface area contributed by atoms with E-state index in [9.17, 15) is 0 Å². The van der Waals surface area contributed by atoms with Gasteiger partial charge in [0, 0.05) is 21.9 Å². The van der Waals surface area contributed by atoms with E-state index in [-0.39, 0.29) is 0 Å². The van der Waals surface area contributed by atoms with Crippen LogP contribution in [0.1, 0.15) is 11.1 Å². The van der Waals surface area contributed by atoms with Crippen molar-refractivity contribution in [2.24, 2.45) is 0 Å². The van der Waals surface area contributed by atoms with Crippen molar-refractivity contribution in [2.45, 2.75) is 13.8 Å². The van der Waals surface area contributed by atoms with E-state index in [0.29, 0.717) is 0 Å². The molecule has 2 nitrogen and oxygen atoms in total. The number of benzene rings is 3. The fourth-order valence-electron chi connectivity index (χ4n) is 3.76. The van der Waals surface area contributed by atoms with Gasteiger partial charge in [0.15, 0.2) is 0 Å². The van der Waals surface area contributed by atoms with Crippen LogP contribution in [0.3, 0.4) is 0 Å². The van der Waals surface area contributed by atoms with Gasteiger partial charge in [0.25, 0.3) is 0 Å². The topological polar surface area (TPSA) is 26.3 Å². The molecule has 0 spiro atoms. The Bertz CT molecular complexity index is 1130. The van der Waals surface area contributed by atoms with Crippen LogP contribution in [-0.2, 0) is 0 Å². The van der Waals surface area contributed by atoms with E-state index in [2.05, 4.69) is 62.4 Å². The molecule has 26 heavy (non-hydrogen) atoms. The fraction of sp³-hybridized carbons (Fsp3) is 0.0833. The molecule has 0 radical (unpaired) electrons. The lowest BCUT2D eigenvalue weighted by Gasteiger charge is -2.07. The average molecular weight is 338 g/mol. The van der Waals surface area contributed by atoms with Crippen LogP contribution in [0.25, 0.3) is 44.2 Å². The molecule has 0 amide bonds. The standard InChI is InChI=1S/C24H18O2/c1-15-16(2)24-22(20(14-26-24)18-11-7-4-8-12-18)21-19(13-25-23(15)21)17-9-5-3-6-10-17/h3-14H,1-2H3. The molecular formula is C24H18O2. The Morgan fingerprint density at radius 2 is 0.923 bits per heavy atom. The van der Waals surface area contributed by atoms with Crippen molar-refractivity contribution in [1.29, 1.82) is 0 Å². The Kier molecular flexibility index (Phi) is 3.26. The van der Waals surface area contributed by atoms with Crippen LogP contribution in [0.15, 0.2) is 82.0 Å². The van der Waals surface area contributed by atoms with Gasteiger partial charge in [0.2, 0.25) is 0 Å². The van der Waals surface area contributed by atoms with Gasteiger partial charge in [-0.1, -0.05) is 60.7 Å². The lowest BCUT2D eigenvalue weighted by atomic mass is 9.94. The van der Waals surface area contributed by atoms with Gasteiger partial charge in [-0.15, -0.1) is 0 Å². The first-order valence-corrected chi connectivity index (χ1v) is 8.78. The second-order valence-corrected chi connectivity index (χ2v) is 6.69. The Hall–Kier alpha value is -3.26. The summed E-state index contributed by atoms with van der Waals surface area (Å²) in [5.74, 6) is 0. The summed E-state index contributed by atoms with van der Waals surface area (Å²) in [6.45, 7) is 4.19. The molecular weight excluding hydrogens is 320 g/mol. The highest BCUT2D eigenvalue weighted by molar-refractivity contribution is 6.19. The van der Waals surface area contributed by atoms with Crippen LogP contribution in [0.5, 0.6) is 0 Å². The van der Waals surface area contributed by atoms with Gasteiger partial charge in [-0.25, -0.2) is 0 Å². The Balaban J connectivity index is 1.96. The largest absolute Gasteiger partial charge is 0.463 e. The summed E-state index contributed by atoms with van der Waals surface area (Å²) in [6.07, 6.45) is 3.74. The van der Waals surface area contributed by atoms with Crippen molar-refractivity contribution < 1.29 is 8.83 Å². The molecule has 0 saturated heterocycles. The fourth-order valence-corrected chi connectivity index (χ4v) is 3.76. The van der Waals surface area contributed by atoms with Gasteiger partial charge in [-0.05, 0) is 36.1 Å². The summed E-state index contributed by atoms with van der Waals surface area (Å²) in [7, 11) is 0. The summed E-state index contributed by atoms with van der Waals surface area (Å²) in [5.41, 5.74) is 8.64. The normalized spacial score (nSPS) is 11.5. The molecule has 3 aromatic carbocycles. The van der Waals surface area contributed by atoms with Gasteiger partial charge in [0.05, 0.1) is 12.5 Å². The molecule has 0 bridgehead atoms. The average Bonchev–Trinajstić information content (AvgIpc) is 3.32. The number of fused-ring (bicyclic) bond motifs is 3. The first kappa shape index (κ1) is 15.0. The summed E-state index contributed by atoms with van der Waals surface area (Å²) in [4.78, 5) is 0. The van der Waals surface area contributed by atoms with E-state index >= 15 is 0 Å². The number of aryl methyl sites for hydroxylation is 2. The van der Waals surface area contributed by atoms with Crippen molar-refractivity contribution in [2.75, 3.05) is 0 Å². The highest BCUT2D eigenvalue weighted by Gasteiger charge is 2.21. The van der Waals surface area contributed by atoms with E-state index in [1.54, 1.807) is 0 Å². The minimum absolute atomic E-state index is 0.937. The van der Waals surface area contributed by atoms with Crippen LogP contribution in [-0.4, -0.2) is 0 Å². The van der Waals surface area contributed by atoms with Crippen LogP contribution in [0, 0.1) is 13.8 Å². The van der Waals surface area contributed by atoms with E-state index in [1.165, 1.54) is 0 Å². The molecule has 126 valence electrons. The molecule has 0 fully saturated rings. The lowest BCUT2D eigenvalue weighted by molar-refractivity contribution is 0.607. The first-order valence-electron chi connectivity index (χ1n) is 8.78. The van der Waals surface area contributed by atoms with E-state index in [4.69, 9.17) is 8.83 Å². The van der Waals surface area contributed by atoms with E-state index in [1.807, 2.05) is 24.7 Å². The SMILES string of the molecule is Cc1c(C)c2occ(-c3ccccc3)c2c2c(-c3ccccc3)coc12. The molecule has 0 aliphatic heterocycles. The zero-order chi connectivity index (χ0) is 17.7. The second-order valence-electron chi connectivity index (χ2n) is 6.69. The number of furan rings is 2. The third-order valence-corrected chi connectivity index (χ3v) is 5.25. The summed E-state index contributed by atoms with van der Waals surface area (Å²) in [6, 6.07) is 20.8. The molecule has 0 N–H and O–H groups in total. The minimum Gasteiger partial charge on any atom is -0.463 e. The van der Waals surface area contributed by atoms with E-state index in [0.717, 1.165) is 55.3 Å². The van der Waals surface area contributed by atoms with Gasteiger partial charge in [0.1, 0.15) is 11.2 Å². The zero-order valence-corrected chi connectivity index (χ0v) is 14.7. The van der Waals surface area contributed by atoms with Crippen molar-refractivity contribution in [1.82, 2.24) is 0 Å². The second kappa shape index (κ2) is 5.63. The van der Waals surface area contributed by atoms with Crippen molar-refractivity contribution in [3.05, 3.63) is 84.3 Å². The number of hydrogen-bond acceptors (Lipinski definition) is 2. The predicted octanol–water partition coefficient (Wildman–Crippen LogP) is 7.13. The quantitative estimate of drug-likeness (QED) is 0.342. The number of hydrogen-bond donors (Lipinski definition) is 0. The minimum atomic E-state index is 0.937. The number of rotatable bonds is 2. The Labute approximate surface area is 151 Å². The lowest BCUT2D eigenvalue weighted by Crippen LogP contribution is -1.86. The maximum absolute atomic E-state index is 6.04. The van der Waals surface area contributed by atoms with Gasteiger partial charge >= 0.3 is 0 Å². The van der Waals surface area contributed by atoms with Gasteiger partial charge in [-0.2, -0.15) is 0 Å². The summed E-state index contributed by atoms with van der Waals surface area (Å²) >= 11 is 0. The third-order valence-electron chi connectivity index (χ3n) is 5.25. The maximum Gasteiger partial charge on any atom is 0.138 e. The van der Waals surface area contributed by atoms with Gasteiger partial charge in [-0.3, -0.25) is 0 Å². The summed E-state index contributed by atoms with van der Waals surface area (Å²) in [5, 5.41) is 2.25. The molecule has 0 atom stereocenters. The zero-order valence-electron chi connectivity index (χ0n) is 14.7. The Morgan fingerprint density at radius 3 is 1.31 bits per heavy atom. The molecule has 0 aliphatic rings. The van der Waals surface area contributed by atoms with Crippen LogP contribution < -0.4 is 0 Å². The first-order chi connectivity index (χ1) is 12.8. The van der Waals surface area contributed by atoms with Crippen LogP contribution in [0.4, 0.5) is 0 Å². The van der Waals surface area contributed by atoms with E-state index < -0.39 is 0 Å². The molecule has 2 aromatic heterocycles. The van der Waals surface area contributed by atoms with Crippen molar-refractivity contribution in [3.63, 3.8) is 0 Å². The van der Waals surface area contributed by atoms with Crippen molar-refractivity contribution in [3.8, 4) is 22.3 Å². The molecule has 0 saturated carbocycles. The van der Waals surface area contributed by atoms with Gasteiger partial charge < -0.3 is 8.83 Å². The monoisotopic (exact) mass is 338 g/mol. The highest BCUT2D eigenvalue weighted by Crippen LogP contribution is 2.44. The third kappa shape index (κ3) is 2.05. The predicted molar refractivity (Wildman–Crippen MR) is 106 cm³/mol. The van der Waals surface area contributed by atoms with Crippen LogP contribution >= 0.6 is 0 Å². The van der Waals surface area contributed by atoms with Crippen molar-refractivity contribution >= 4 is 21.9 Å². The Morgan fingerprint density at radius 1 is 0.538 bits per heavy atom. The molecule has 2 heteroatoms. The molecule has 5 aromatic rings. The maximum atomic E-state index is 6.04. The smallest absolute Gasteiger partial charge is 0.138 e. The molecule has 2 heterocycles. The van der Waals surface area contributed by atoms with Crippen LogP contribution in [0.2, 0.25) is 0 Å².